The van der Waals surface area contributed by atoms with Gasteiger partial charge in [0.25, 0.3) is 0 Å². The van der Waals surface area contributed by atoms with Gasteiger partial charge in [-0.15, -0.1) is 0 Å². The molecule has 9 heteroatoms. The van der Waals surface area contributed by atoms with Crippen LogP contribution in [0.25, 0.3) is 0 Å². The van der Waals surface area contributed by atoms with Crippen LogP contribution in [0.2, 0.25) is 0 Å². The maximum atomic E-state index is 10.1. The predicted molar refractivity (Wildman–Crippen MR) is 53.6 cm³/mol. The number of carboxylic acids is 3. The Bertz CT molecular complexity index is 196. The zero-order valence-corrected chi connectivity index (χ0v) is 6.63. The van der Waals surface area contributed by atoms with E-state index in [1.807, 2.05) is 0 Å². The van der Waals surface area contributed by atoms with Crippen molar-refractivity contribution >= 4 is 121 Å². The van der Waals surface area contributed by atoms with Crippen molar-refractivity contribution in [1.29, 1.82) is 0 Å². The molecule has 0 saturated carbocycles. The van der Waals surface area contributed by atoms with Crippen LogP contribution in [0.15, 0.2) is 0 Å². The molecular formula is C6H11K2NO6. The van der Waals surface area contributed by atoms with E-state index in [9.17, 15) is 14.4 Å². The molecule has 0 radical (unpaired) electrons. The minimum absolute atomic E-state index is 0. The van der Waals surface area contributed by atoms with Gasteiger partial charge in [-0.3, -0.25) is 19.3 Å². The number of rotatable bonds is 6. The third kappa shape index (κ3) is 15.6. The number of carboxylic acid groups (broad SMARTS) is 3. The third-order valence-electron chi connectivity index (χ3n) is 1.08. The number of carbonyl (C=O) groups is 3. The maximum absolute atomic E-state index is 10.1. The molecule has 0 amide bonds. The molecule has 0 aliphatic carbocycles. The average Bonchev–Trinajstić information content (AvgIpc) is 1.80. The molecule has 0 unspecified atom stereocenters. The molecule has 0 rings (SSSR count). The van der Waals surface area contributed by atoms with Gasteiger partial charge in [-0.25, -0.2) is 0 Å². The summed E-state index contributed by atoms with van der Waals surface area (Å²) in [5.41, 5.74) is 0. The molecule has 0 aliphatic rings. The minimum atomic E-state index is -1.26. The Morgan fingerprint density at radius 2 is 0.933 bits per heavy atom. The summed E-state index contributed by atoms with van der Waals surface area (Å²) >= 11 is 0. The quantitative estimate of drug-likeness (QED) is 0.448. The Hall–Kier alpha value is 1.64. The second-order valence-corrected chi connectivity index (χ2v) is 2.33. The Labute approximate surface area is 171 Å². The van der Waals surface area contributed by atoms with Gasteiger partial charge in [0.1, 0.15) is 0 Å². The third-order valence-corrected chi connectivity index (χ3v) is 1.08. The van der Waals surface area contributed by atoms with Crippen molar-refractivity contribution in [1.82, 2.24) is 4.90 Å². The van der Waals surface area contributed by atoms with E-state index in [2.05, 4.69) is 0 Å². The van der Waals surface area contributed by atoms with Crippen LogP contribution in [0.4, 0.5) is 0 Å². The standard InChI is InChI=1S/C6H9NO6.2K.2H/c8-4(9)1-7(2-5(10)11)3-6(12)13;;;;/h1-3H2,(H,8,9)(H,10,11)(H,12,13);;;;. The summed E-state index contributed by atoms with van der Waals surface area (Å²) in [5.74, 6) is -3.78. The van der Waals surface area contributed by atoms with Gasteiger partial charge >= 0.3 is 121 Å². The molecule has 0 aromatic carbocycles. The summed E-state index contributed by atoms with van der Waals surface area (Å²) < 4.78 is 0. The summed E-state index contributed by atoms with van der Waals surface area (Å²) in [6.07, 6.45) is 0. The second kappa shape index (κ2) is 12.1. The molecule has 0 aliphatic heterocycles. The van der Waals surface area contributed by atoms with Crippen molar-refractivity contribution in [3.05, 3.63) is 0 Å². The van der Waals surface area contributed by atoms with Crippen molar-refractivity contribution < 1.29 is 29.7 Å². The molecular weight excluding hydrogens is 260 g/mol. The molecule has 0 aromatic rings. The first-order chi connectivity index (χ1) is 5.91. The molecule has 0 fully saturated rings. The number of hydrogen-bond acceptors (Lipinski definition) is 4. The van der Waals surface area contributed by atoms with E-state index in [1.54, 1.807) is 0 Å². The van der Waals surface area contributed by atoms with Gasteiger partial charge in [-0.1, -0.05) is 0 Å². The van der Waals surface area contributed by atoms with Gasteiger partial charge in [-0.2, -0.15) is 0 Å². The molecule has 0 bridgehead atoms. The fourth-order valence-electron chi connectivity index (χ4n) is 0.742. The molecule has 3 N–H and O–H groups in total. The fourth-order valence-corrected chi connectivity index (χ4v) is 0.742. The van der Waals surface area contributed by atoms with E-state index in [1.165, 1.54) is 0 Å². The van der Waals surface area contributed by atoms with E-state index in [-0.39, 0.29) is 103 Å². The normalized spacial score (nSPS) is 8.60. The van der Waals surface area contributed by atoms with Gasteiger partial charge < -0.3 is 15.3 Å². The monoisotopic (exact) mass is 271 g/mol. The summed E-state index contributed by atoms with van der Waals surface area (Å²) in [6.45, 7) is -1.80. The van der Waals surface area contributed by atoms with Crippen LogP contribution in [0, 0.1) is 0 Å². The average molecular weight is 271 g/mol. The summed E-state index contributed by atoms with van der Waals surface area (Å²) in [7, 11) is 0. The zero-order valence-electron chi connectivity index (χ0n) is 6.63. The topological polar surface area (TPSA) is 115 Å². The van der Waals surface area contributed by atoms with Crippen molar-refractivity contribution in [2.45, 2.75) is 0 Å². The van der Waals surface area contributed by atoms with Crippen molar-refractivity contribution in [3.63, 3.8) is 0 Å². The molecule has 15 heavy (non-hydrogen) atoms. The second-order valence-electron chi connectivity index (χ2n) is 2.33. The predicted octanol–water partition coefficient (Wildman–Crippen LogP) is -2.75. The summed E-state index contributed by atoms with van der Waals surface area (Å²) in [4.78, 5) is 31.2. The van der Waals surface area contributed by atoms with Crippen LogP contribution in [0.3, 0.4) is 0 Å². The molecule has 0 atom stereocenters. The Balaban J connectivity index is -0.000000720. The van der Waals surface area contributed by atoms with Crippen LogP contribution in [-0.4, -0.2) is 161 Å². The van der Waals surface area contributed by atoms with Gasteiger partial charge in [0.2, 0.25) is 0 Å². The summed E-state index contributed by atoms with van der Waals surface area (Å²) in [6, 6.07) is 0. The molecule has 0 spiro atoms. The van der Waals surface area contributed by atoms with Crippen LogP contribution >= 0.6 is 0 Å². The van der Waals surface area contributed by atoms with E-state index in [0.717, 1.165) is 4.90 Å². The molecule has 78 valence electrons. The zero-order chi connectivity index (χ0) is 10.4. The Morgan fingerprint density at radius 1 is 0.733 bits per heavy atom. The fraction of sp³-hybridized carbons (Fsp3) is 0.500. The summed E-state index contributed by atoms with van der Waals surface area (Å²) in [5, 5.41) is 24.8. The van der Waals surface area contributed by atoms with Crippen molar-refractivity contribution in [3.8, 4) is 0 Å². The van der Waals surface area contributed by atoms with Crippen LogP contribution in [-0.2, 0) is 14.4 Å². The Kier molecular flexibility index (Phi) is 17.7. The van der Waals surface area contributed by atoms with E-state index in [4.69, 9.17) is 15.3 Å². The molecule has 0 heterocycles. The van der Waals surface area contributed by atoms with Gasteiger partial charge in [0, 0.05) is 0 Å². The van der Waals surface area contributed by atoms with Gasteiger partial charge in [0.05, 0.1) is 19.6 Å². The Morgan fingerprint density at radius 3 is 1.07 bits per heavy atom. The van der Waals surface area contributed by atoms with E-state index in [0.29, 0.717) is 0 Å². The van der Waals surface area contributed by atoms with Crippen LogP contribution < -0.4 is 0 Å². The van der Waals surface area contributed by atoms with E-state index >= 15 is 0 Å². The van der Waals surface area contributed by atoms with Crippen molar-refractivity contribution in [2.75, 3.05) is 19.6 Å². The number of hydrogen-bond donors (Lipinski definition) is 3. The van der Waals surface area contributed by atoms with Gasteiger partial charge in [-0.05, 0) is 0 Å². The first-order valence-electron chi connectivity index (χ1n) is 3.29. The van der Waals surface area contributed by atoms with E-state index < -0.39 is 37.5 Å². The van der Waals surface area contributed by atoms with Crippen LogP contribution in [0.5, 0.6) is 0 Å². The van der Waals surface area contributed by atoms with Gasteiger partial charge in [0.15, 0.2) is 0 Å². The molecule has 7 nitrogen and oxygen atoms in total. The number of nitrogens with zero attached hydrogens (tertiary/aromatic N) is 1. The number of aliphatic carboxylic acids is 3. The first kappa shape index (κ1) is 21.9. The molecule has 0 saturated heterocycles. The molecule has 0 aromatic heterocycles. The van der Waals surface area contributed by atoms with Crippen LogP contribution in [0.1, 0.15) is 0 Å². The van der Waals surface area contributed by atoms with Crippen molar-refractivity contribution in [2.24, 2.45) is 0 Å². The SMILES string of the molecule is O=C(O)CN(CC(=O)O)CC(=O)O.[KH].[KH]. The first-order valence-corrected chi connectivity index (χ1v) is 3.29.